The van der Waals surface area contributed by atoms with E-state index in [2.05, 4.69) is 55.1 Å². The van der Waals surface area contributed by atoms with Crippen molar-refractivity contribution in [3.8, 4) is 0 Å². The van der Waals surface area contributed by atoms with E-state index in [0.717, 1.165) is 45.2 Å². The molecule has 0 unspecified atom stereocenters. The zero-order valence-corrected chi connectivity index (χ0v) is 18.7. The Morgan fingerprint density at radius 2 is 1.86 bits per heavy atom. The third kappa shape index (κ3) is 6.76. The van der Waals surface area contributed by atoms with Gasteiger partial charge in [0, 0.05) is 44.7 Å². The fourth-order valence-electron chi connectivity index (χ4n) is 4.81. The smallest absolute Gasteiger partial charge is 0.106 e. The summed E-state index contributed by atoms with van der Waals surface area (Å²) in [5.41, 5.74) is 2.70. The van der Waals surface area contributed by atoms with Crippen LogP contribution in [-0.2, 0) is 17.9 Å². The summed E-state index contributed by atoms with van der Waals surface area (Å²) in [5, 5.41) is 11.6. The average molecular weight is 404 g/mol. The molecule has 1 aromatic carbocycles. The number of likely N-dealkylation sites (N-methyl/N-ethyl adjacent to an activating group) is 1. The zero-order chi connectivity index (χ0) is 20.6. The van der Waals surface area contributed by atoms with E-state index in [-0.39, 0.29) is 12.7 Å². The second-order valence-corrected chi connectivity index (χ2v) is 9.20. The van der Waals surface area contributed by atoms with Crippen LogP contribution in [0.25, 0.3) is 0 Å². The van der Waals surface area contributed by atoms with Crippen LogP contribution in [-0.4, -0.2) is 72.5 Å². The quantitative estimate of drug-likeness (QED) is 0.647. The van der Waals surface area contributed by atoms with Gasteiger partial charge in [-0.1, -0.05) is 50.5 Å². The first-order chi connectivity index (χ1) is 14.1. The van der Waals surface area contributed by atoms with Gasteiger partial charge in [-0.3, -0.25) is 9.74 Å². The molecule has 0 amide bonds. The molecular formula is C24H41N3O2. The van der Waals surface area contributed by atoms with E-state index in [9.17, 15) is 5.11 Å². The van der Waals surface area contributed by atoms with Gasteiger partial charge in [-0.2, -0.15) is 5.06 Å². The lowest BCUT2D eigenvalue weighted by Crippen LogP contribution is -2.40. The van der Waals surface area contributed by atoms with E-state index < -0.39 is 0 Å². The van der Waals surface area contributed by atoms with Crippen LogP contribution in [0.15, 0.2) is 24.3 Å². The van der Waals surface area contributed by atoms with Crippen LogP contribution >= 0.6 is 0 Å². The highest BCUT2D eigenvalue weighted by Gasteiger charge is 2.32. The van der Waals surface area contributed by atoms with E-state index >= 15 is 0 Å². The molecule has 1 saturated heterocycles. The third-order valence-electron chi connectivity index (χ3n) is 6.61. The minimum Gasteiger partial charge on any atom is -0.394 e. The van der Waals surface area contributed by atoms with Crippen molar-refractivity contribution in [2.75, 3.05) is 40.3 Å². The van der Waals surface area contributed by atoms with Crippen LogP contribution in [0.4, 0.5) is 0 Å². The molecule has 1 aliphatic carbocycles. The lowest BCUT2D eigenvalue weighted by atomic mass is 9.93. The topological polar surface area (TPSA) is 39.2 Å². The normalized spacial score (nSPS) is 24.1. The first-order valence-corrected chi connectivity index (χ1v) is 11.6. The predicted octanol–water partition coefficient (Wildman–Crippen LogP) is 3.52. The molecule has 5 heteroatoms. The maximum atomic E-state index is 9.55. The van der Waals surface area contributed by atoms with E-state index in [1.807, 2.05) is 5.06 Å². The number of hydrogen-bond donors (Lipinski definition) is 1. The number of aliphatic hydroxyl groups excluding tert-OH is 1. The van der Waals surface area contributed by atoms with Gasteiger partial charge in [-0.15, -0.1) is 0 Å². The molecule has 0 bridgehead atoms. The summed E-state index contributed by atoms with van der Waals surface area (Å²) in [5.74, 6) is 0.427. The van der Waals surface area contributed by atoms with Crippen LogP contribution in [0.5, 0.6) is 0 Å². The van der Waals surface area contributed by atoms with Crippen molar-refractivity contribution >= 4 is 0 Å². The summed E-state index contributed by atoms with van der Waals surface area (Å²) >= 11 is 0. The SMILES string of the molecule is CC[C@H]1CN(Cc2cccc(CN(CCN(C)C)C3CCCCC3)c2)O[C@H]1CO. The fourth-order valence-corrected chi connectivity index (χ4v) is 4.81. The minimum atomic E-state index is -0.0454. The van der Waals surface area contributed by atoms with Gasteiger partial charge in [0.15, 0.2) is 0 Å². The molecule has 1 heterocycles. The van der Waals surface area contributed by atoms with Crippen LogP contribution in [0.2, 0.25) is 0 Å². The van der Waals surface area contributed by atoms with E-state index in [1.54, 1.807) is 0 Å². The molecule has 1 aromatic rings. The summed E-state index contributed by atoms with van der Waals surface area (Å²) in [7, 11) is 4.33. The summed E-state index contributed by atoms with van der Waals surface area (Å²) in [6.07, 6.45) is 7.84. The number of hydrogen-bond acceptors (Lipinski definition) is 5. The average Bonchev–Trinajstić information content (AvgIpc) is 3.13. The van der Waals surface area contributed by atoms with Crippen molar-refractivity contribution in [3.63, 3.8) is 0 Å². The number of hydroxylamine groups is 2. The Labute approximate surface area is 177 Å². The van der Waals surface area contributed by atoms with Crippen LogP contribution in [0, 0.1) is 5.92 Å². The second kappa shape index (κ2) is 11.4. The van der Waals surface area contributed by atoms with Crippen molar-refractivity contribution in [1.29, 1.82) is 0 Å². The molecule has 2 aliphatic rings. The maximum Gasteiger partial charge on any atom is 0.106 e. The minimum absolute atomic E-state index is 0.0454. The third-order valence-corrected chi connectivity index (χ3v) is 6.61. The Kier molecular flexibility index (Phi) is 8.94. The lowest BCUT2D eigenvalue weighted by Gasteiger charge is -2.35. The molecule has 2 fully saturated rings. The summed E-state index contributed by atoms with van der Waals surface area (Å²) < 4.78 is 0. The lowest BCUT2D eigenvalue weighted by molar-refractivity contribution is -0.163. The van der Waals surface area contributed by atoms with Crippen molar-refractivity contribution in [1.82, 2.24) is 14.9 Å². The molecule has 2 atom stereocenters. The summed E-state index contributed by atoms with van der Waals surface area (Å²) in [6, 6.07) is 9.73. The number of rotatable bonds is 10. The Morgan fingerprint density at radius 1 is 1.10 bits per heavy atom. The van der Waals surface area contributed by atoms with E-state index in [1.165, 1.54) is 43.2 Å². The van der Waals surface area contributed by atoms with Gasteiger partial charge in [0.25, 0.3) is 0 Å². The Morgan fingerprint density at radius 3 is 2.52 bits per heavy atom. The molecule has 1 aliphatic heterocycles. The summed E-state index contributed by atoms with van der Waals surface area (Å²) in [6.45, 7) is 7.26. The van der Waals surface area contributed by atoms with Crippen molar-refractivity contribution in [3.05, 3.63) is 35.4 Å². The van der Waals surface area contributed by atoms with E-state index in [4.69, 9.17) is 4.84 Å². The van der Waals surface area contributed by atoms with Gasteiger partial charge < -0.3 is 10.0 Å². The number of benzene rings is 1. The molecule has 0 aromatic heterocycles. The van der Waals surface area contributed by atoms with E-state index in [0.29, 0.717) is 5.92 Å². The van der Waals surface area contributed by atoms with Gasteiger partial charge in [-0.25, -0.2) is 0 Å². The molecule has 0 radical (unpaired) electrons. The number of aliphatic hydroxyl groups is 1. The van der Waals surface area contributed by atoms with Gasteiger partial charge in [0.1, 0.15) is 6.10 Å². The molecule has 3 rings (SSSR count). The zero-order valence-electron chi connectivity index (χ0n) is 18.7. The van der Waals surface area contributed by atoms with Crippen LogP contribution < -0.4 is 0 Å². The Hall–Kier alpha value is -0.980. The first-order valence-electron chi connectivity index (χ1n) is 11.6. The molecule has 5 nitrogen and oxygen atoms in total. The second-order valence-electron chi connectivity index (χ2n) is 9.20. The molecule has 164 valence electrons. The van der Waals surface area contributed by atoms with Gasteiger partial charge in [0.2, 0.25) is 0 Å². The molecule has 1 N–H and O–H groups in total. The van der Waals surface area contributed by atoms with Gasteiger partial charge in [-0.05, 0) is 44.5 Å². The highest BCUT2D eigenvalue weighted by molar-refractivity contribution is 5.23. The summed E-state index contributed by atoms with van der Waals surface area (Å²) in [4.78, 5) is 11.0. The monoisotopic (exact) mass is 403 g/mol. The molecule has 1 saturated carbocycles. The molecule has 0 spiro atoms. The largest absolute Gasteiger partial charge is 0.394 e. The highest BCUT2D eigenvalue weighted by atomic mass is 16.7. The van der Waals surface area contributed by atoms with Crippen molar-refractivity contribution in [2.24, 2.45) is 5.92 Å². The first kappa shape index (κ1) is 22.7. The highest BCUT2D eigenvalue weighted by Crippen LogP contribution is 2.26. The Bertz CT molecular complexity index is 592. The van der Waals surface area contributed by atoms with Crippen molar-refractivity contribution in [2.45, 2.75) is 70.7 Å². The molecular weight excluding hydrogens is 362 g/mol. The van der Waals surface area contributed by atoms with Gasteiger partial charge >= 0.3 is 0 Å². The van der Waals surface area contributed by atoms with Crippen molar-refractivity contribution < 1.29 is 9.94 Å². The van der Waals surface area contributed by atoms with Crippen LogP contribution in [0.3, 0.4) is 0 Å². The Balaban J connectivity index is 1.62. The predicted molar refractivity (Wildman–Crippen MR) is 118 cm³/mol. The number of nitrogens with zero attached hydrogens (tertiary/aromatic N) is 3. The van der Waals surface area contributed by atoms with Crippen LogP contribution in [0.1, 0.15) is 56.6 Å². The fraction of sp³-hybridized carbons (Fsp3) is 0.750. The molecule has 29 heavy (non-hydrogen) atoms. The maximum absolute atomic E-state index is 9.55. The van der Waals surface area contributed by atoms with Gasteiger partial charge in [0.05, 0.1) is 6.61 Å². The standard InChI is InChI=1S/C24H41N3O2/c1-4-22-18-27(29-24(22)19-28)17-21-10-8-9-20(15-21)16-26(14-13-25(2)3)23-11-6-5-7-12-23/h8-10,15,22-24,28H,4-7,11-14,16-19H2,1-3H3/t22-,24-/m0/s1.